The van der Waals surface area contributed by atoms with Gasteiger partial charge in [-0.25, -0.2) is 13.2 Å². The van der Waals surface area contributed by atoms with E-state index in [4.69, 9.17) is 0 Å². The van der Waals surface area contributed by atoms with Crippen LogP contribution in [0.5, 0.6) is 0 Å². The van der Waals surface area contributed by atoms with Crippen molar-refractivity contribution in [3.05, 3.63) is 57.8 Å². The Hall–Kier alpha value is -1.47. The van der Waals surface area contributed by atoms with Crippen LogP contribution in [-0.4, -0.2) is 5.91 Å². The van der Waals surface area contributed by atoms with Gasteiger partial charge >= 0.3 is 0 Å². The highest BCUT2D eigenvalue weighted by atomic mass is 79.9. The SMILES string of the molecule is O=C(Nc1ccc(F)c(F)c1F)c1ccc(Br)cc1S. The van der Waals surface area contributed by atoms with Gasteiger partial charge < -0.3 is 5.32 Å². The van der Waals surface area contributed by atoms with Crippen LogP contribution in [0, 0.1) is 17.5 Å². The van der Waals surface area contributed by atoms with E-state index in [2.05, 4.69) is 33.9 Å². The third-order valence-electron chi connectivity index (χ3n) is 2.49. The van der Waals surface area contributed by atoms with Crippen LogP contribution in [0.15, 0.2) is 39.7 Å². The number of carbonyl (C=O) groups is 1. The second-order valence-electron chi connectivity index (χ2n) is 3.84. The first-order valence-electron chi connectivity index (χ1n) is 5.33. The quantitative estimate of drug-likeness (QED) is 0.602. The zero-order valence-corrected chi connectivity index (χ0v) is 12.2. The van der Waals surface area contributed by atoms with Crippen molar-refractivity contribution in [1.82, 2.24) is 0 Å². The number of hydrogen-bond donors (Lipinski definition) is 2. The van der Waals surface area contributed by atoms with E-state index in [1.807, 2.05) is 0 Å². The largest absolute Gasteiger partial charge is 0.319 e. The lowest BCUT2D eigenvalue weighted by Crippen LogP contribution is -2.14. The Balaban J connectivity index is 2.30. The Bertz CT molecular complexity index is 694. The fourth-order valence-electron chi connectivity index (χ4n) is 1.51. The molecule has 1 amide bonds. The van der Waals surface area contributed by atoms with Crippen LogP contribution in [0.1, 0.15) is 10.4 Å². The van der Waals surface area contributed by atoms with Crippen molar-refractivity contribution >= 4 is 40.2 Å². The van der Waals surface area contributed by atoms with Gasteiger partial charge in [-0.3, -0.25) is 4.79 Å². The number of thiol groups is 1. The minimum Gasteiger partial charge on any atom is -0.319 e. The summed E-state index contributed by atoms with van der Waals surface area (Å²) in [7, 11) is 0. The Morgan fingerprint density at radius 2 is 1.80 bits per heavy atom. The van der Waals surface area contributed by atoms with Crippen molar-refractivity contribution in [2.75, 3.05) is 5.32 Å². The third-order valence-corrected chi connectivity index (χ3v) is 3.35. The summed E-state index contributed by atoms with van der Waals surface area (Å²) in [5, 5.41) is 2.17. The predicted molar refractivity (Wildman–Crippen MR) is 75.7 cm³/mol. The number of hydrogen-bond acceptors (Lipinski definition) is 2. The summed E-state index contributed by atoms with van der Waals surface area (Å²) in [5.41, 5.74) is -0.259. The predicted octanol–water partition coefficient (Wildman–Crippen LogP) is 4.41. The third kappa shape index (κ3) is 2.99. The lowest BCUT2D eigenvalue weighted by atomic mass is 10.2. The standard InChI is InChI=1S/C13H7BrF3NOS/c14-6-1-2-7(10(20)5-6)13(19)18-9-4-3-8(15)11(16)12(9)17/h1-5,20H,(H,18,19). The van der Waals surface area contributed by atoms with Gasteiger partial charge in [-0.05, 0) is 30.3 Å². The summed E-state index contributed by atoms with van der Waals surface area (Å²) < 4.78 is 40.0. The lowest BCUT2D eigenvalue weighted by Gasteiger charge is -2.09. The van der Waals surface area contributed by atoms with Crippen molar-refractivity contribution in [2.24, 2.45) is 0 Å². The molecule has 0 bridgehead atoms. The molecule has 104 valence electrons. The molecule has 0 saturated heterocycles. The molecule has 0 aliphatic heterocycles. The van der Waals surface area contributed by atoms with Gasteiger partial charge in [0.2, 0.25) is 0 Å². The summed E-state index contributed by atoms with van der Waals surface area (Å²) in [6.45, 7) is 0. The van der Waals surface area contributed by atoms with Crippen molar-refractivity contribution < 1.29 is 18.0 Å². The van der Waals surface area contributed by atoms with Gasteiger partial charge in [0.1, 0.15) is 0 Å². The minimum absolute atomic E-state index is 0.181. The first-order valence-corrected chi connectivity index (χ1v) is 6.57. The topological polar surface area (TPSA) is 29.1 Å². The maximum atomic E-state index is 13.4. The molecule has 2 aromatic carbocycles. The lowest BCUT2D eigenvalue weighted by molar-refractivity contribution is 0.102. The summed E-state index contributed by atoms with van der Waals surface area (Å²) in [6, 6.07) is 6.34. The number of carbonyl (C=O) groups excluding carboxylic acids is 1. The Morgan fingerprint density at radius 1 is 1.10 bits per heavy atom. The molecule has 0 aliphatic carbocycles. The van der Waals surface area contributed by atoms with Gasteiger partial charge in [0.05, 0.1) is 11.3 Å². The number of nitrogens with one attached hydrogen (secondary N) is 1. The van der Waals surface area contributed by atoms with Crippen LogP contribution in [0.2, 0.25) is 0 Å². The molecule has 0 fully saturated rings. The summed E-state index contributed by atoms with van der Waals surface area (Å²) >= 11 is 7.33. The zero-order chi connectivity index (χ0) is 14.9. The molecule has 0 spiro atoms. The number of anilines is 1. The normalized spacial score (nSPS) is 10.4. The van der Waals surface area contributed by atoms with Crippen LogP contribution >= 0.6 is 28.6 Å². The van der Waals surface area contributed by atoms with Gasteiger partial charge in [-0.1, -0.05) is 15.9 Å². The molecule has 0 saturated carbocycles. The molecule has 0 aliphatic rings. The first-order chi connectivity index (χ1) is 9.40. The molecule has 20 heavy (non-hydrogen) atoms. The Kier molecular flexibility index (Phi) is 4.39. The van der Waals surface area contributed by atoms with E-state index < -0.39 is 29.0 Å². The van der Waals surface area contributed by atoms with Crippen LogP contribution in [-0.2, 0) is 0 Å². The molecule has 7 heteroatoms. The first kappa shape index (κ1) is 14.9. The number of rotatable bonds is 2. The van der Waals surface area contributed by atoms with Gasteiger partial charge in [-0.2, -0.15) is 0 Å². The van der Waals surface area contributed by atoms with E-state index in [1.165, 1.54) is 6.07 Å². The molecule has 2 nitrogen and oxygen atoms in total. The van der Waals surface area contributed by atoms with Crippen LogP contribution < -0.4 is 5.32 Å². The molecule has 0 radical (unpaired) electrons. The average molecular weight is 362 g/mol. The van der Waals surface area contributed by atoms with Crippen molar-refractivity contribution in [1.29, 1.82) is 0 Å². The van der Waals surface area contributed by atoms with Gasteiger partial charge in [0, 0.05) is 9.37 Å². The number of amides is 1. The maximum Gasteiger partial charge on any atom is 0.256 e. The maximum absolute atomic E-state index is 13.4. The van der Waals surface area contributed by atoms with E-state index >= 15 is 0 Å². The number of halogens is 4. The molecule has 1 N–H and O–H groups in total. The van der Waals surface area contributed by atoms with Gasteiger partial charge in [-0.15, -0.1) is 12.6 Å². The Labute approximate surface area is 126 Å². The highest BCUT2D eigenvalue weighted by Crippen LogP contribution is 2.23. The van der Waals surface area contributed by atoms with Gasteiger partial charge in [0.25, 0.3) is 5.91 Å². The van der Waals surface area contributed by atoms with E-state index in [0.29, 0.717) is 4.90 Å². The molecule has 0 heterocycles. The molecular weight excluding hydrogens is 355 g/mol. The van der Waals surface area contributed by atoms with E-state index in [-0.39, 0.29) is 5.56 Å². The van der Waals surface area contributed by atoms with Crippen molar-refractivity contribution in [3.8, 4) is 0 Å². The second-order valence-corrected chi connectivity index (χ2v) is 5.24. The Morgan fingerprint density at radius 3 is 2.45 bits per heavy atom. The van der Waals surface area contributed by atoms with Crippen molar-refractivity contribution in [2.45, 2.75) is 4.90 Å². The van der Waals surface area contributed by atoms with E-state index in [9.17, 15) is 18.0 Å². The monoisotopic (exact) mass is 361 g/mol. The van der Waals surface area contributed by atoms with Crippen molar-refractivity contribution in [3.63, 3.8) is 0 Å². The smallest absolute Gasteiger partial charge is 0.256 e. The highest BCUT2D eigenvalue weighted by Gasteiger charge is 2.17. The molecule has 2 aromatic rings. The molecule has 0 atom stereocenters. The average Bonchev–Trinajstić information content (AvgIpc) is 2.39. The van der Waals surface area contributed by atoms with Crippen LogP contribution in [0.25, 0.3) is 0 Å². The molecule has 0 unspecified atom stereocenters. The van der Waals surface area contributed by atoms with E-state index in [0.717, 1.165) is 16.6 Å². The van der Waals surface area contributed by atoms with Crippen LogP contribution in [0.3, 0.4) is 0 Å². The number of benzene rings is 2. The highest BCUT2D eigenvalue weighted by molar-refractivity contribution is 9.10. The van der Waals surface area contributed by atoms with Gasteiger partial charge in [0.15, 0.2) is 17.5 Å². The van der Waals surface area contributed by atoms with E-state index in [1.54, 1.807) is 12.1 Å². The summed E-state index contributed by atoms with van der Waals surface area (Å²) in [4.78, 5) is 12.3. The molecule has 2 rings (SSSR count). The fourth-order valence-corrected chi connectivity index (χ4v) is 2.36. The fraction of sp³-hybridized carbons (Fsp3) is 0. The zero-order valence-electron chi connectivity index (χ0n) is 9.75. The summed E-state index contributed by atoms with van der Waals surface area (Å²) in [5.74, 6) is -5.08. The second kappa shape index (κ2) is 5.88. The molecule has 0 aromatic heterocycles. The molecular formula is C13H7BrF3NOS. The minimum atomic E-state index is -1.63. The van der Waals surface area contributed by atoms with Crippen LogP contribution in [0.4, 0.5) is 18.9 Å². The summed E-state index contributed by atoms with van der Waals surface area (Å²) in [6.07, 6.45) is 0.